The normalized spacial score (nSPS) is 22.7. The molecule has 3 aliphatic heterocycles. The molecule has 13 nitrogen and oxygen atoms in total. The molecule has 2 fully saturated rings. The van der Waals surface area contributed by atoms with E-state index < -0.39 is 0 Å². The highest BCUT2D eigenvalue weighted by molar-refractivity contribution is 5.92. The summed E-state index contributed by atoms with van der Waals surface area (Å²) in [5.74, 6) is 1.11. The van der Waals surface area contributed by atoms with Crippen LogP contribution in [0.25, 0.3) is 0 Å². The van der Waals surface area contributed by atoms with Crippen molar-refractivity contribution in [2.24, 2.45) is 11.3 Å². The number of carbonyl (C=O) groups excluding carboxylic acids is 2. The van der Waals surface area contributed by atoms with Crippen molar-refractivity contribution in [2.75, 3.05) is 60.0 Å². The summed E-state index contributed by atoms with van der Waals surface area (Å²) in [7, 11) is 4.08. The quantitative estimate of drug-likeness (QED) is 0.507. The van der Waals surface area contributed by atoms with E-state index in [1.807, 2.05) is 23.9 Å². The molecule has 194 valence electrons. The van der Waals surface area contributed by atoms with E-state index in [0.717, 1.165) is 6.54 Å². The number of fused-ring (bicyclic) bond motifs is 1. The van der Waals surface area contributed by atoms with Crippen LogP contribution in [0.15, 0.2) is 30.2 Å². The zero-order chi connectivity index (χ0) is 26.0. The van der Waals surface area contributed by atoms with Crippen LogP contribution >= 0.6 is 0 Å². The summed E-state index contributed by atoms with van der Waals surface area (Å²) in [6.45, 7) is 5.83. The van der Waals surface area contributed by atoms with E-state index in [9.17, 15) is 9.59 Å². The van der Waals surface area contributed by atoms with Gasteiger partial charge in [-0.15, -0.1) is 0 Å². The zero-order valence-corrected chi connectivity index (χ0v) is 20.2. The SMILES string of the molecule is CC1=C(C(=O)N2C[C@H]3CN(C(=O)Cn4ccnc4)C[C@@]3(CN(C)C)C2)OCCO1.O=CO.O=CO. The van der Waals surface area contributed by atoms with Crippen molar-refractivity contribution in [1.82, 2.24) is 24.3 Å². The first-order valence-electron chi connectivity index (χ1n) is 11.0. The topological polar surface area (TPSA) is 155 Å². The first-order valence-corrected chi connectivity index (χ1v) is 11.0. The maximum atomic E-state index is 13.1. The van der Waals surface area contributed by atoms with Gasteiger partial charge in [-0.25, -0.2) is 4.98 Å². The number of rotatable bonds is 5. The Morgan fingerprint density at radius 2 is 1.74 bits per heavy atom. The van der Waals surface area contributed by atoms with Gasteiger partial charge in [0.1, 0.15) is 25.5 Å². The van der Waals surface area contributed by atoms with Crippen molar-refractivity contribution in [2.45, 2.75) is 13.5 Å². The third-order valence-corrected chi connectivity index (χ3v) is 6.07. The first-order chi connectivity index (χ1) is 16.7. The standard InChI is InChI=1S/C20H29N5O4.2CH2O2/c1-15-18(29-7-6-28-15)19(27)25-9-16-8-24(12-20(16,13-25)11-22(2)3)17(26)10-23-5-4-21-14-23;2*2-1-3/h4-5,14,16H,6-13H2,1-3H3;2*1H,(H,2,3)/t16-,20+;;/m1../s1. The number of carbonyl (C=O) groups is 4. The number of nitrogens with zero attached hydrogens (tertiary/aromatic N) is 5. The van der Waals surface area contributed by atoms with E-state index in [0.29, 0.717) is 57.5 Å². The summed E-state index contributed by atoms with van der Waals surface area (Å²) < 4.78 is 12.9. The van der Waals surface area contributed by atoms with Crippen molar-refractivity contribution < 1.29 is 38.9 Å². The molecule has 0 spiro atoms. The Morgan fingerprint density at radius 1 is 1.14 bits per heavy atom. The van der Waals surface area contributed by atoms with Gasteiger partial charge in [0.15, 0.2) is 0 Å². The molecular formula is C22H33N5O8. The van der Waals surface area contributed by atoms with Gasteiger partial charge in [0, 0.05) is 56.5 Å². The fourth-order valence-electron chi connectivity index (χ4n) is 4.88. The third kappa shape index (κ3) is 6.94. The van der Waals surface area contributed by atoms with Crippen molar-refractivity contribution in [3.63, 3.8) is 0 Å². The van der Waals surface area contributed by atoms with Crippen LogP contribution in [0.1, 0.15) is 6.92 Å². The molecule has 0 aliphatic carbocycles. The summed E-state index contributed by atoms with van der Waals surface area (Å²) in [5.41, 5.74) is -0.131. The fourth-order valence-corrected chi connectivity index (χ4v) is 4.88. The highest BCUT2D eigenvalue weighted by atomic mass is 16.6. The van der Waals surface area contributed by atoms with E-state index in [1.165, 1.54) is 0 Å². The van der Waals surface area contributed by atoms with Crippen LogP contribution in [0.2, 0.25) is 0 Å². The number of ether oxygens (including phenoxy) is 2. The van der Waals surface area contributed by atoms with Gasteiger partial charge in [0.25, 0.3) is 18.9 Å². The molecule has 13 heteroatoms. The molecule has 2 amide bonds. The highest BCUT2D eigenvalue weighted by Crippen LogP contribution is 2.43. The Kier molecular flexibility index (Phi) is 10.1. The molecule has 0 aromatic carbocycles. The van der Waals surface area contributed by atoms with Gasteiger partial charge in [-0.1, -0.05) is 0 Å². The molecule has 1 aromatic heterocycles. The summed E-state index contributed by atoms with van der Waals surface area (Å²) in [6.07, 6.45) is 5.14. The van der Waals surface area contributed by atoms with E-state index in [4.69, 9.17) is 29.3 Å². The lowest BCUT2D eigenvalue weighted by molar-refractivity contribution is -0.133. The number of amides is 2. The van der Waals surface area contributed by atoms with E-state index in [1.54, 1.807) is 30.2 Å². The lowest BCUT2D eigenvalue weighted by Crippen LogP contribution is -2.44. The number of aromatic nitrogens is 2. The number of hydrogen-bond donors (Lipinski definition) is 2. The van der Waals surface area contributed by atoms with E-state index in [-0.39, 0.29) is 36.1 Å². The van der Waals surface area contributed by atoms with Crippen molar-refractivity contribution >= 4 is 24.8 Å². The molecule has 2 saturated heterocycles. The Labute approximate surface area is 203 Å². The molecule has 0 bridgehead atoms. The summed E-state index contributed by atoms with van der Waals surface area (Å²) >= 11 is 0. The van der Waals surface area contributed by atoms with Crippen molar-refractivity contribution in [1.29, 1.82) is 0 Å². The zero-order valence-electron chi connectivity index (χ0n) is 20.2. The van der Waals surface area contributed by atoms with Gasteiger partial charge in [0.05, 0.1) is 6.33 Å². The Hall–Kier alpha value is -3.61. The fraction of sp³-hybridized carbons (Fsp3) is 0.591. The number of hydrogen-bond acceptors (Lipinski definition) is 8. The highest BCUT2D eigenvalue weighted by Gasteiger charge is 2.55. The average Bonchev–Trinajstić information content (AvgIpc) is 3.49. The molecule has 4 heterocycles. The first kappa shape index (κ1) is 27.6. The van der Waals surface area contributed by atoms with Crippen LogP contribution in [-0.4, -0.2) is 119 Å². The second kappa shape index (κ2) is 12.7. The summed E-state index contributed by atoms with van der Waals surface area (Å²) in [6, 6.07) is 0. The van der Waals surface area contributed by atoms with Crippen molar-refractivity contribution in [3.05, 3.63) is 30.2 Å². The molecule has 1 aromatic rings. The Bertz CT molecular complexity index is 898. The van der Waals surface area contributed by atoms with Gasteiger partial charge in [-0.2, -0.15) is 0 Å². The van der Waals surface area contributed by atoms with E-state index >= 15 is 0 Å². The summed E-state index contributed by atoms with van der Waals surface area (Å²) in [4.78, 5) is 52.6. The monoisotopic (exact) mass is 495 g/mol. The summed E-state index contributed by atoms with van der Waals surface area (Å²) in [5, 5.41) is 13.8. The van der Waals surface area contributed by atoms with Crippen LogP contribution < -0.4 is 0 Å². The number of carboxylic acid groups (broad SMARTS) is 2. The van der Waals surface area contributed by atoms with Crippen molar-refractivity contribution in [3.8, 4) is 0 Å². The van der Waals surface area contributed by atoms with Crippen LogP contribution in [0.5, 0.6) is 0 Å². The Balaban J connectivity index is 0.000000655. The molecule has 4 rings (SSSR count). The van der Waals surface area contributed by atoms with Gasteiger partial charge < -0.3 is 39.0 Å². The van der Waals surface area contributed by atoms with Gasteiger partial charge in [0.2, 0.25) is 11.7 Å². The molecule has 35 heavy (non-hydrogen) atoms. The molecule has 0 radical (unpaired) electrons. The predicted octanol–water partition coefficient (Wildman–Crippen LogP) is -0.588. The number of allylic oxidation sites excluding steroid dienone is 1. The second-order valence-corrected chi connectivity index (χ2v) is 8.79. The van der Waals surface area contributed by atoms with Crippen LogP contribution in [-0.2, 0) is 35.2 Å². The minimum Gasteiger partial charge on any atom is -0.491 e. The molecule has 0 saturated carbocycles. The number of likely N-dealkylation sites (tertiary alicyclic amines) is 2. The molecule has 0 unspecified atom stereocenters. The molecule has 2 N–H and O–H groups in total. The smallest absolute Gasteiger partial charge is 0.292 e. The van der Waals surface area contributed by atoms with Crippen LogP contribution in [0, 0.1) is 11.3 Å². The maximum absolute atomic E-state index is 13.1. The lowest BCUT2D eigenvalue weighted by Gasteiger charge is -2.32. The van der Waals surface area contributed by atoms with Crippen LogP contribution in [0.4, 0.5) is 0 Å². The molecular weight excluding hydrogens is 462 g/mol. The minimum absolute atomic E-state index is 0.0935. The predicted molar refractivity (Wildman–Crippen MR) is 122 cm³/mol. The Morgan fingerprint density at radius 3 is 2.31 bits per heavy atom. The second-order valence-electron chi connectivity index (χ2n) is 8.79. The lowest BCUT2D eigenvalue weighted by atomic mass is 9.80. The van der Waals surface area contributed by atoms with Gasteiger partial charge in [-0.05, 0) is 21.0 Å². The maximum Gasteiger partial charge on any atom is 0.292 e. The minimum atomic E-state index is -0.250. The van der Waals surface area contributed by atoms with Gasteiger partial charge in [-0.3, -0.25) is 19.2 Å². The van der Waals surface area contributed by atoms with Crippen LogP contribution in [0.3, 0.4) is 0 Å². The van der Waals surface area contributed by atoms with E-state index in [2.05, 4.69) is 9.88 Å². The average molecular weight is 496 g/mol. The molecule has 3 aliphatic rings. The number of imidazole rings is 1. The van der Waals surface area contributed by atoms with Gasteiger partial charge >= 0.3 is 0 Å². The largest absolute Gasteiger partial charge is 0.491 e. The third-order valence-electron chi connectivity index (χ3n) is 6.07. The molecule has 2 atom stereocenters.